The summed E-state index contributed by atoms with van der Waals surface area (Å²) in [6.45, 7) is 8.60. The Morgan fingerprint density at radius 2 is 1.89 bits per heavy atom. The van der Waals surface area contributed by atoms with Crippen molar-refractivity contribution < 1.29 is 9.53 Å². The molecule has 0 aliphatic carbocycles. The number of benzene rings is 1. The summed E-state index contributed by atoms with van der Waals surface area (Å²) in [6.07, 6.45) is 1.84. The summed E-state index contributed by atoms with van der Waals surface area (Å²) in [6, 6.07) is 7.98. The monoisotopic (exact) mass is 366 g/mol. The maximum atomic E-state index is 12.7. The molecule has 2 aromatic rings. The number of pyridine rings is 1. The van der Waals surface area contributed by atoms with E-state index >= 15 is 0 Å². The van der Waals surface area contributed by atoms with Crippen LogP contribution in [0.3, 0.4) is 0 Å². The Hall–Kier alpha value is -2.60. The number of aromatic nitrogens is 1. The van der Waals surface area contributed by atoms with E-state index in [9.17, 15) is 4.79 Å². The highest BCUT2D eigenvalue weighted by Gasteiger charge is 2.31. The van der Waals surface area contributed by atoms with Gasteiger partial charge < -0.3 is 19.9 Å². The second-order valence-corrected chi connectivity index (χ2v) is 7.52. The molecule has 1 fully saturated rings. The molecule has 6 nitrogen and oxygen atoms in total. The molecule has 0 bridgehead atoms. The summed E-state index contributed by atoms with van der Waals surface area (Å²) in [4.78, 5) is 21.8. The number of rotatable bonds is 3. The van der Waals surface area contributed by atoms with Crippen LogP contribution in [0.1, 0.15) is 22.6 Å². The van der Waals surface area contributed by atoms with Gasteiger partial charge in [0.05, 0.1) is 11.9 Å². The molecule has 0 saturated carbocycles. The summed E-state index contributed by atoms with van der Waals surface area (Å²) in [5, 5.41) is 2.94. The highest BCUT2D eigenvalue weighted by molar-refractivity contribution is 5.96. The molecule has 142 valence electrons. The van der Waals surface area contributed by atoms with Crippen LogP contribution in [0.5, 0.6) is 5.75 Å². The highest BCUT2D eigenvalue weighted by Crippen LogP contribution is 2.36. The number of aryl methyl sites for hydroxylation is 2. The number of nitrogens with one attached hydrogen (secondary N) is 1. The van der Waals surface area contributed by atoms with E-state index in [-0.39, 0.29) is 11.8 Å². The topological polar surface area (TPSA) is 57.7 Å². The van der Waals surface area contributed by atoms with E-state index in [1.54, 1.807) is 0 Å². The quantitative estimate of drug-likeness (QED) is 0.905. The lowest BCUT2D eigenvalue weighted by atomic mass is 9.96. The summed E-state index contributed by atoms with van der Waals surface area (Å²) in [7, 11) is 2.14. The van der Waals surface area contributed by atoms with Gasteiger partial charge in [-0.3, -0.25) is 4.79 Å². The normalized spacial score (nSPS) is 19.5. The van der Waals surface area contributed by atoms with Crippen LogP contribution in [0.25, 0.3) is 0 Å². The number of ether oxygens (including phenoxy) is 1. The molecule has 6 heteroatoms. The zero-order valence-electron chi connectivity index (χ0n) is 16.2. The molecule has 1 atom stereocenters. The maximum Gasteiger partial charge on any atom is 0.236 e. The average molecular weight is 366 g/mol. The van der Waals surface area contributed by atoms with Gasteiger partial charge in [-0.1, -0.05) is 6.07 Å². The summed E-state index contributed by atoms with van der Waals surface area (Å²) in [5.41, 5.74) is 4.41. The van der Waals surface area contributed by atoms with Crippen LogP contribution in [0.15, 0.2) is 30.5 Å². The molecule has 1 amide bonds. The predicted octanol–water partition coefficient (Wildman–Crippen LogP) is 2.56. The van der Waals surface area contributed by atoms with Gasteiger partial charge in [-0.25, -0.2) is 4.98 Å². The number of fused-ring (bicyclic) bond motifs is 1. The minimum Gasteiger partial charge on any atom is -0.492 e. The number of hydrogen-bond donors (Lipinski definition) is 1. The van der Waals surface area contributed by atoms with Crippen LogP contribution < -0.4 is 15.0 Å². The van der Waals surface area contributed by atoms with Crippen molar-refractivity contribution in [3.63, 3.8) is 0 Å². The smallest absolute Gasteiger partial charge is 0.236 e. The van der Waals surface area contributed by atoms with Crippen LogP contribution >= 0.6 is 0 Å². The van der Waals surface area contributed by atoms with Gasteiger partial charge in [-0.2, -0.15) is 0 Å². The van der Waals surface area contributed by atoms with Crippen molar-refractivity contribution in [3.8, 4) is 5.75 Å². The largest absolute Gasteiger partial charge is 0.492 e. The Morgan fingerprint density at radius 1 is 1.15 bits per heavy atom. The number of carbonyl (C=O) groups excluding carboxylic acids is 1. The van der Waals surface area contributed by atoms with E-state index in [1.807, 2.05) is 24.4 Å². The van der Waals surface area contributed by atoms with Crippen molar-refractivity contribution in [3.05, 3.63) is 47.2 Å². The Kier molecular flexibility index (Phi) is 4.74. The van der Waals surface area contributed by atoms with Crippen molar-refractivity contribution in [2.24, 2.45) is 0 Å². The lowest BCUT2D eigenvalue weighted by Crippen LogP contribution is -2.44. The highest BCUT2D eigenvalue weighted by atomic mass is 16.5. The average Bonchev–Trinajstić information content (AvgIpc) is 3.06. The third-order valence-electron chi connectivity index (χ3n) is 5.59. The van der Waals surface area contributed by atoms with Crippen LogP contribution in [0.2, 0.25) is 0 Å². The van der Waals surface area contributed by atoms with Crippen molar-refractivity contribution in [1.82, 2.24) is 9.88 Å². The van der Waals surface area contributed by atoms with Crippen LogP contribution in [0, 0.1) is 13.8 Å². The van der Waals surface area contributed by atoms with Gasteiger partial charge in [0.15, 0.2) is 0 Å². The minimum absolute atomic E-state index is 0.0724. The summed E-state index contributed by atoms with van der Waals surface area (Å²) >= 11 is 0. The fourth-order valence-electron chi connectivity index (χ4n) is 3.61. The Balaban J connectivity index is 1.43. The number of hydrogen-bond acceptors (Lipinski definition) is 5. The van der Waals surface area contributed by atoms with Crippen LogP contribution in [-0.2, 0) is 4.79 Å². The Morgan fingerprint density at radius 3 is 2.59 bits per heavy atom. The molecular formula is C21H26N4O2. The fraction of sp³-hybridized carbons (Fsp3) is 0.429. The Bertz CT molecular complexity index is 842. The Labute approximate surface area is 160 Å². The van der Waals surface area contributed by atoms with Gasteiger partial charge in [-0.05, 0) is 50.2 Å². The third-order valence-corrected chi connectivity index (χ3v) is 5.59. The molecule has 1 N–H and O–H groups in total. The first-order valence-corrected chi connectivity index (χ1v) is 9.45. The lowest BCUT2D eigenvalue weighted by Gasteiger charge is -2.33. The van der Waals surface area contributed by atoms with E-state index in [2.05, 4.69) is 47.1 Å². The zero-order chi connectivity index (χ0) is 19.0. The number of carbonyl (C=O) groups is 1. The predicted molar refractivity (Wildman–Crippen MR) is 107 cm³/mol. The standard InChI is InChI=1S/C21H26N4O2/c1-14-10-17-18(13-27-19(17)11-15(14)2)21(26)23-20-5-4-16(12-22-20)25-8-6-24(3)7-9-25/h4-5,10-12,18H,6-9,13H2,1-3H3,(H,22,23,26). The molecule has 0 radical (unpaired) electrons. The molecule has 1 unspecified atom stereocenters. The molecule has 3 heterocycles. The number of amides is 1. The molecule has 27 heavy (non-hydrogen) atoms. The van der Waals surface area contributed by atoms with Gasteiger partial charge in [0.25, 0.3) is 0 Å². The van der Waals surface area contributed by atoms with Crippen molar-refractivity contribution >= 4 is 17.4 Å². The first kappa shape index (κ1) is 17.8. The van der Waals surface area contributed by atoms with Gasteiger partial charge in [0, 0.05) is 31.7 Å². The van der Waals surface area contributed by atoms with Gasteiger partial charge in [-0.15, -0.1) is 0 Å². The van der Waals surface area contributed by atoms with Crippen molar-refractivity contribution in [2.75, 3.05) is 50.1 Å². The summed E-state index contributed by atoms with van der Waals surface area (Å²) in [5.74, 6) is 1.03. The molecule has 1 aromatic carbocycles. The van der Waals surface area contributed by atoms with Crippen LogP contribution in [-0.4, -0.2) is 55.6 Å². The second kappa shape index (κ2) is 7.19. The van der Waals surface area contributed by atoms with Gasteiger partial charge in [0.1, 0.15) is 24.1 Å². The molecular weight excluding hydrogens is 340 g/mol. The number of anilines is 2. The van der Waals surface area contributed by atoms with Gasteiger partial charge >= 0.3 is 0 Å². The molecule has 1 saturated heterocycles. The maximum absolute atomic E-state index is 12.7. The lowest BCUT2D eigenvalue weighted by molar-refractivity contribution is -0.117. The first-order chi connectivity index (χ1) is 13.0. The molecule has 4 rings (SSSR count). The van der Waals surface area contributed by atoms with Gasteiger partial charge in [0.2, 0.25) is 5.91 Å². The second-order valence-electron chi connectivity index (χ2n) is 7.52. The van der Waals surface area contributed by atoms with E-state index in [1.165, 1.54) is 11.1 Å². The number of nitrogens with zero attached hydrogens (tertiary/aromatic N) is 3. The first-order valence-electron chi connectivity index (χ1n) is 9.45. The number of likely N-dealkylation sites (N-methyl/N-ethyl adjacent to an activating group) is 1. The molecule has 2 aliphatic heterocycles. The third kappa shape index (κ3) is 3.62. The molecule has 2 aliphatic rings. The van der Waals surface area contributed by atoms with Crippen molar-refractivity contribution in [2.45, 2.75) is 19.8 Å². The molecule has 0 spiro atoms. The zero-order valence-corrected chi connectivity index (χ0v) is 16.2. The van der Waals surface area contributed by atoms with Crippen LogP contribution in [0.4, 0.5) is 11.5 Å². The minimum atomic E-state index is -0.293. The van der Waals surface area contributed by atoms with E-state index in [0.717, 1.165) is 43.2 Å². The van der Waals surface area contributed by atoms with E-state index in [0.29, 0.717) is 12.4 Å². The van der Waals surface area contributed by atoms with Crippen molar-refractivity contribution in [1.29, 1.82) is 0 Å². The fourth-order valence-corrected chi connectivity index (χ4v) is 3.61. The SMILES string of the molecule is Cc1cc2c(cc1C)C(C(=O)Nc1ccc(N3CCN(C)CC3)cn1)CO2. The number of piperazine rings is 1. The van der Waals surface area contributed by atoms with E-state index in [4.69, 9.17) is 4.74 Å². The molecule has 1 aromatic heterocycles. The van der Waals surface area contributed by atoms with E-state index < -0.39 is 0 Å². The summed E-state index contributed by atoms with van der Waals surface area (Å²) < 4.78 is 5.72.